The molecule has 0 rings (SSSR count). The first-order valence-electron chi connectivity index (χ1n) is 22.7. The minimum Gasteiger partial charge on any atom is -0.545 e. The van der Waals surface area contributed by atoms with Gasteiger partial charge in [0.1, 0.15) is 13.2 Å². The fourth-order valence-corrected chi connectivity index (χ4v) is 5.61. The molecule has 0 heterocycles. The van der Waals surface area contributed by atoms with Crippen LogP contribution in [0.5, 0.6) is 0 Å². The molecule has 336 valence electrons. The quantitative estimate of drug-likeness (QED) is 0.0197. The normalized spacial score (nSPS) is 13.7. The number of ether oxygens (including phenoxy) is 4. The maximum atomic E-state index is 12.7. The third kappa shape index (κ3) is 42.4. The Labute approximate surface area is 359 Å². The van der Waals surface area contributed by atoms with Gasteiger partial charge in [-0.15, -0.1) is 0 Å². The summed E-state index contributed by atoms with van der Waals surface area (Å²) >= 11 is 0. The van der Waals surface area contributed by atoms with Crippen molar-refractivity contribution in [2.24, 2.45) is 0 Å². The highest BCUT2D eigenvalue weighted by atomic mass is 16.7. The molecule has 2 atom stereocenters. The molecule has 0 N–H and O–H groups in total. The lowest BCUT2D eigenvalue weighted by molar-refractivity contribution is -0.870. The number of hydrogen-bond acceptors (Lipinski definition) is 8. The third-order valence-electron chi connectivity index (χ3n) is 9.14. The van der Waals surface area contributed by atoms with Crippen molar-refractivity contribution < 1.29 is 42.9 Å². The maximum Gasteiger partial charge on any atom is 0.306 e. The maximum absolute atomic E-state index is 12.7. The third-order valence-corrected chi connectivity index (χ3v) is 9.14. The molecule has 0 aliphatic rings. The van der Waals surface area contributed by atoms with E-state index < -0.39 is 30.3 Å². The van der Waals surface area contributed by atoms with Gasteiger partial charge in [0.05, 0.1) is 40.3 Å². The molecule has 59 heavy (non-hydrogen) atoms. The van der Waals surface area contributed by atoms with E-state index in [0.29, 0.717) is 23.9 Å². The van der Waals surface area contributed by atoms with Gasteiger partial charge in [0.2, 0.25) is 0 Å². The van der Waals surface area contributed by atoms with Gasteiger partial charge in [0, 0.05) is 12.8 Å². The summed E-state index contributed by atoms with van der Waals surface area (Å²) < 4.78 is 22.4. The van der Waals surface area contributed by atoms with Crippen molar-refractivity contribution in [3.8, 4) is 0 Å². The Morgan fingerprint density at radius 2 is 1.00 bits per heavy atom. The van der Waals surface area contributed by atoms with Crippen molar-refractivity contribution in [3.63, 3.8) is 0 Å². The number of carboxylic acid groups (broad SMARTS) is 1. The topological polar surface area (TPSA) is 111 Å². The predicted molar refractivity (Wildman–Crippen MR) is 241 cm³/mol. The minimum absolute atomic E-state index is 0.117. The molecule has 9 nitrogen and oxygen atoms in total. The molecule has 0 aliphatic carbocycles. The summed E-state index contributed by atoms with van der Waals surface area (Å²) in [5.74, 6) is -2.42. The fourth-order valence-electron chi connectivity index (χ4n) is 5.61. The minimum atomic E-state index is -1.65. The number of allylic oxidation sites excluding steroid dienone is 14. The van der Waals surface area contributed by atoms with E-state index in [1.165, 1.54) is 44.9 Å². The summed E-state index contributed by atoms with van der Waals surface area (Å²) in [6.45, 7) is 4.50. The number of likely N-dealkylation sites (N-methyl/N-ethyl adjacent to an activating group) is 1. The van der Waals surface area contributed by atoms with Gasteiger partial charge in [-0.1, -0.05) is 150 Å². The summed E-state index contributed by atoms with van der Waals surface area (Å²) in [7, 11) is 5.87. The van der Waals surface area contributed by atoms with E-state index >= 15 is 0 Å². The van der Waals surface area contributed by atoms with Crippen LogP contribution in [0.1, 0.15) is 155 Å². The molecule has 0 aromatic heterocycles. The van der Waals surface area contributed by atoms with E-state index in [9.17, 15) is 19.5 Å². The van der Waals surface area contributed by atoms with Crippen molar-refractivity contribution >= 4 is 17.9 Å². The zero-order valence-electron chi connectivity index (χ0n) is 37.8. The van der Waals surface area contributed by atoms with Crippen LogP contribution >= 0.6 is 0 Å². The number of nitrogens with zero attached hydrogens (tertiary/aromatic N) is 1. The monoisotopic (exact) mass is 826 g/mol. The zero-order chi connectivity index (χ0) is 43.5. The number of aliphatic carboxylic acids is 1. The lowest BCUT2D eigenvalue weighted by atomic mass is 10.1. The Hall–Kier alpha value is -3.53. The van der Waals surface area contributed by atoms with Crippen molar-refractivity contribution in [1.29, 1.82) is 0 Å². The SMILES string of the molecule is CC/C=C\C/C=C\C/C=C\C/C=C\C/C=C\C/C=C\CCC(=O)OC(COC(=O)CCCCCCC/C=C\CCCCCCCC)COC(OCC[N+](C)(C)C)C(=O)[O-]. The Morgan fingerprint density at radius 1 is 0.525 bits per heavy atom. The first-order chi connectivity index (χ1) is 28.6. The van der Waals surface area contributed by atoms with Crippen LogP contribution in [0.2, 0.25) is 0 Å². The van der Waals surface area contributed by atoms with Crippen LogP contribution in [-0.4, -0.2) is 82.3 Å². The molecule has 0 aliphatic heterocycles. The number of carbonyl (C=O) groups is 3. The smallest absolute Gasteiger partial charge is 0.306 e. The Bertz CT molecular complexity index is 1240. The van der Waals surface area contributed by atoms with Crippen LogP contribution in [0.4, 0.5) is 0 Å². The summed E-state index contributed by atoms with van der Waals surface area (Å²) in [4.78, 5) is 37.0. The largest absolute Gasteiger partial charge is 0.545 e. The summed E-state index contributed by atoms with van der Waals surface area (Å²) in [6, 6.07) is 0. The lowest BCUT2D eigenvalue weighted by Gasteiger charge is -2.26. The molecule has 0 spiro atoms. The average Bonchev–Trinajstić information content (AvgIpc) is 3.19. The van der Waals surface area contributed by atoms with Crippen LogP contribution in [0.15, 0.2) is 85.1 Å². The van der Waals surface area contributed by atoms with Gasteiger partial charge >= 0.3 is 11.9 Å². The second-order valence-corrected chi connectivity index (χ2v) is 16.0. The van der Waals surface area contributed by atoms with Gasteiger partial charge in [-0.3, -0.25) is 9.59 Å². The van der Waals surface area contributed by atoms with Gasteiger partial charge in [0.25, 0.3) is 0 Å². The molecule has 0 bridgehead atoms. The Balaban J connectivity index is 4.60. The summed E-state index contributed by atoms with van der Waals surface area (Å²) in [5.41, 5.74) is 0. The number of rotatable bonds is 40. The van der Waals surface area contributed by atoms with Crippen molar-refractivity contribution in [2.45, 2.75) is 167 Å². The highest BCUT2D eigenvalue weighted by Crippen LogP contribution is 2.11. The highest BCUT2D eigenvalue weighted by molar-refractivity contribution is 5.70. The first-order valence-corrected chi connectivity index (χ1v) is 22.7. The molecule has 9 heteroatoms. The van der Waals surface area contributed by atoms with E-state index in [2.05, 4.69) is 86.8 Å². The molecule has 0 radical (unpaired) electrons. The molecule has 0 saturated carbocycles. The number of unbranched alkanes of at least 4 members (excludes halogenated alkanes) is 11. The Kier molecular flexibility index (Phi) is 38.7. The van der Waals surface area contributed by atoms with E-state index in [0.717, 1.165) is 70.6 Å². The molecule has 0 fully saturated rings. The number of quaternary nitrogens is 1. The van der Waals surface area contributed by atoms with Crippen LogP contribution < -0.4 is 5.11 Å². The van der Waals surface area contributed by atoms with Gasteiger partial charge in [-0.05, 0) is 77.0 Å². The van der Waals surface area contributed by atoms with Crippen LogP contribution in [-0.2, 0) is 33.3 Å². The molecule has 0 amide bonds. The van der Waals surface area contributed by atoms with Crippen molar-refractivity contribution in [2.75, 3.05) is 47.5 Å². The van der Waals surface area contributed by atoms with Crippen LogP contribution in [0, 0.1) is 0 Å². The van der Waals surface area contributed by atoms with Gasteiger partial charge in [-0.25, -0.2) is 0 Å². The predicted octanol–water partition coefficient (Wildman–Crippen LogP) is 10.8. The number of carboxylic acids is 1. The Morgan fingerprint density at radius 3 is 1.51 bits per heavy atom. The van der Waals surface area contributed by atoms with Crippen LogP contribution in [0.25, 0.3) is 0 Å². The standard InChI is InChI=1S/C50H83NO8/c1-6-8-10-12-14-16-18-20-22-23-24-25-27-29-31-33-35-37-39-41-48(53)59-46(45-58-50(49(54)55)56-43-42-51(3,4)5)44-57-47(52)40-38-36-34-32-30-28-26-21-19-17-15-13-11-9-7-2/h8,10,14,16,20-22,24-26,29,31,35,37,46,50H,6-7,9,11-13,15,17-19,23,27-28,30,32-34,36,38-45H2,1-5H3/b10-8-,16-14-,22-20-,25-24-,26-21-,31-29-,37-35-. The molecule has 0 saturated heterocycles. The van der Waals surface area contributed by atoms with Crippen molar-refractivity contribution in [3.05, 3.63) is 85.1 Å². The lowest BCUT2D eigenvalue weighted by Crippen LogP contribution is -2.44. The highest BCUT2D eigenvalue weighted by Gasteiger charge is 2.21. The first kappa shape index (κ1) is 55.5. The van der Waals surface area contributed by atoms with E-state index in [1.54, 1.807) is 0 Å². The second-order valence-electron chi connectivity index (χ2n) is 16.0. The van der Waals surface area contributed by atoms with E-state index in [1.807, 2.05) is 33.3 Å². The second kappa shape index (κ2) is 41.2. The fraction of sp³-hybridized carbons (Fsp3) is 0.660. The zero-order valence-corrected chi connectivity index (χ0v) is 37.8. The van der Waals surface area contributed by atoms with Gasteiger partial charge in [-0.2, -0.15) is 0 Å². The summed E-state index contributed by atoms with van der Waals surface area (Å²) in [5, 5.41) is 11.7. The van der Waals surface area contributed by atoms with Gasteiger partial charge in [0.15, 0.2) is 12.4 Å². The average molecular weight is 826 g/mol. The van der Waals surface area contributed by atoms with E-state index in [4.69, 9.17) is 18.9 Å². The number of hydrogen-bond donors (Lipinski definition) is 0. The molecule has 2 unspecified atom stereocenters. The molecule has 0 aromatic rings. The molecular weight excluding hydrogens is 743 g/mol. The van der Waals surface area contributed by atoms with Crippen molar-refractivity contribution in [1.82, 2.24) is 0 Å². The van der Waals surface area contributed by atoms with Gasteiger partial charge < -0.3 is 33.3 Å². The van der Waals surface area contributed by atoms with Crippen LogP contribution in [0.3, 0.4) is 0 Å². The number of esters is 2. The molecule has 0 aromatic carbocycles. The summed E-state index contributed by atoms with van der Waals surface area (Å²) in [6.07, 6.45) is 49.1. The number of carbonyl (C=O) groups excluding carboxylic acids is 3. The molecular formula is C50H83NO8. The van der Waals surface area contributed by atoms with E-state index in [-0.39, 0.29) is 32.7 Å².